The lowest BCUT2D eigenvalue weighted by atomic mass is 10.1. The molecule has 0 radical (unpaired) electrons. The Bertz CT molecular complexity index is 893. The molecule has 0 aliphatic rings. The van der Waals surface area contributed by atoms with Gasteiger partial charge in [-0.15, -0.1) is 21.5 Å². The molecule has 0 spiro atoms. The topological polar surface area (TPSA) is 59.8 Å². The standard InChI is InChI=1S/C19H21FN4OS2/c1-12(14-6-8-15(20)9-7-14)21-18(25)13(2)27-19-23-22-17(24(19)3)11-16-5-4-10-26-16/h4-10,12-13H,11H2,1-3H3,(H,21,25)/t12-,13-/m1/s1. The van der Waals surface area contributed by atoms with E-state index in [1.165, 1.54) is 28.8 Å². The quantitative estimate of drug-likeness (QED) is 0.606. The number of carbonyl (C=O) groups is 1. The van der Waals surface area contributed by atoms with Gasteiger partial charge in [0.2, 0.25) is 5.91 Å². The van der Waals surface area contributed by atoms with Crippen LogP contribution in [0.25, 0.3) is 0 Å². The molecular weight excluding hydrogens is 383 g/mol. The van der Waals surface area contributed by atoms with Crippen molar-refractivity contribution in [1.29, 1.82) is 0 Å². The van der Waals surface area contributed by atoms with E-state index in [2.05, 4.69) is 21.6 Å². The third kappa shape index (κ3) is 4.95. The van der Waals surface area contributed by atoms with Gasteiger partial charge in [-0.1, -0.05) is 30.0 Å². The highest BCUT2D eigenvalue weighted by molar-refractivity contribution is 8.00. The van der Waals surface area contributed by atoms with Crippen LogP contribution in [0.5, 0.6) is 0 Å². The van der Waals surface area contributed by atoms with Crippen LogP contribution >= 0.6 is 23.1 Å². The number of rotatable bonds is 7. The van der Waals surface area contributed by atoms with Crippen LogP contribution in [0.1, 0.15) is 36.2 Å². The SMILES string of the molecule is C[C@@H](Sc1nnc(Cc2cccs2)n1C)C(=O)N[C@H](C)c1ccc(F)cc1. The summed E-state index contributed by atoms with van der Waals surface area (Å²) >= 11 is 3.06. The third-order valence-electron chi connectivity index (χ3n) is 4.22. The van der Waals surface area contributed by atoms with Crippen molar-refractivity contribution >= 4 is 29.0 Å². The van der Waals surface area contributed by atoms with E-state index < -0.39 is 0 Å². The summed E-state index contributed by atoms with van der Waals surface area (Å²) in [6.45, 7) is 3.72. The minimum atomic E-state index is -0.328. The van der Waals surface area contributed by atoms with Crippen molar-refractivity contribution in [2.75, 3.05) is 0 Å². The molecule has 5 nitrogen and oxygen atoms in total. The van der Waals surface area contributed by atoms with Crippen LogP contribution in [-0.4, -0.2) is 25.9 Å². The zero-order valence-electron chi connectivity index (χ0n) is 15.3. The van der Waals surface area contributed by atoms with Gasteiger partial charge in [0.25, 0.3) is 0 Å². The van der Waals surface area contributed by atoms with E-state index in [-0.39, 0.29) is 23.0 Å². The Balaban J connectivity index is 1.59. The Morgan fingerprint density at radius 2 is 2.00 bits per heavy atom. The molecule has 3 aromatic rings. The van der Waals surface area contributed by atoms with E-state index in [1.54, 1.807) is 23.5 Å². The van der Waals surface area contributed by atoms with Gasteiger partial charge in [0.05, 0.1) is 11.3 Å². The molecule has 142 valence electrons. The van der Waals surface area contributed by atoms with Crippen LogP contribution in [0.15, 0.2) is 46.9 Å². The van der Waals surface area contributed by atoms with E-state index in [1.807, 2.05) is 36.9 Å². The first kappa shape index (κ1) is 19.6. The fourth-order valence-corrected chi connectivity index (χ4v) is 4.09. The second-order valence-electron chi connectivity index (χ2n) is 6.26. The Labute approximate surface area is 166 Å². The van der Waals surface area contributed by atoms with Gasteiger partial charge in [0.15, 0.2) is 5.16 Å². The van der Waals surface area contributed by atoms with E-state index in [9.17, 15) is 9.18 Å². The minimum Gasteiger partial charge on any atom is -0.349 e. The molecule has 0 unspecified atom stereocenters. The van der Waals surface area contributed by atoms with Crippen molar-refractivity contribution in [2.24, 2.45) is 7.05 Å². The lowest BCUT2D eigenvalue weighted by Gasteiger charge is -2.17. The smallest absolute Gasteiger partial charge is 0.233 e. The number of aromatic nitrogens is 3. The maximum atomic E-state index is 13.0. The molecule has 0 aliphatic heterocycles. The number of nitrogens with one attached hydrogen (secondary N) is 1. The fraction of sp³-hybridized carbons (Fsp3) is 0.316. The molecule has 2 atom stereocenters. The van der Waals surface area contributed by atoms with Crippen molar-refractivity contribution in [3.8, 4) is 0 Å². The summed E-state index contributed by atoms with van der Waals surface area (Å²) in [4.78, 5) is 13.7. The average molecular weight is 405 g/mol. The molecular formula is C19H21FN4OS2. The monoisotopic (exact) mass is 404 g/mol. The van der Waals surface area contributed by atoms with Gasteiger partial charge in [0, 0.05) is 18.3 Å². The largest absolute Gasteiger partial charge is 0.349 e. The summed E-state index contributed by atoms with van der Waals surface area (Å²) in [7, 11) is 1.91. The zero-order chi connectivity index (χ0) is 19.4. The fourth-order valence-electron chi connectivity index (χ4n) is 2.55. The summed E-state index contributed by atoms with van der Waals surface area (Å²) in [5.41, 5.74) is 0.860. The molecule has 3 rings (SSSR count). The van der Waals surface area contributed by atoms with E-state index in [0.717, 1.165) is 17.8 Å². The first-order chi connectivity index (χ1) is 12.9. The van der Waals surface area contributed by atoms with Crippen LogP contribution in [-0.2, 0) is 18.3 Å². The van der Waals surface area contributed by atoms with Crippen molar-refractivity contribution in [1.82, 2.24) is 20.1 Å². The van der Waals surface area contributed by atoms with Gasteiger partial charge in [-0.25, -0.2) is 4.39 Å². The number of thiophene rings is 1. The summed E-state index contributed by atoms with van der Waals surface area (Å²) in [5.74, 6) is 0.480. The van der Waals surface area contributed by atoms with Gasteiger partial charge in [-0.05, 0) is 43.0 Å². The number of hydrogen-bond donors (Lipinski definition) is 1. The van der Waals surface area contributed by atoms with Gasteiger partial charge < -0.3 is 9.88 Å². The van der Waals surface area contributed by atoms with Crippen LogP contribution in [0.2, 0.25) is 0 Å². The molecule has 8 heteroatoms. The first-order valence-corrected chi connectivity index (χ1v) is 10.3. The molecule has 1 amide bonds. The van der Waals surface area contributed by atoms with Crippen molar-refractivity contribution < 1.29 is 9.18 Å². The Morgan fingerprint density at radius 1 is 1.26 bits per heavy atom. The Hall–Kier alpha value is -2.19. The maximum absolute atomic E-state index is 13.0. The number of carbonyl (C=O) groups excluding carboxylic acids is 1. The highest BCUT2D eigenvalue weighted by Crippen LogP contribution is 2.24. The molecule has 2 heterocycles. The van der Waals surface area contributed by atoms with Crippen LogP contribution in [0, 0.1) is 5.82 Å². The van der Waals surface area contributed by atoms with Crippen LogP contribution < -0.4 is 5.32 Å². The molecule has 1 N–H and O–H groups in total. The maximum Gasteiger partial charge on any atom is 0.233 e. The zero-order valence-corrected chi connectivity index (χ0v) is 17.0. The molecule has 2 aromatic heterocycles. The van der Waals surface area contributed by atoms with Crippen molar-refractivity contribution in [2.45, 2.75) is 36.7 Å². The highest BCUT2D eigenvalue weighted by Gasteiger charge is 2.20. The summed E-state index contributed by atoms with van der Waals surface area (Å²) in [5, 5.41) is 13.9. The number of benzene rings is 1. The summed E-state index contributed by atoms with van der Waals surface area (Å²) in [6, 6.07) is 10.0. The molecule has 0 saturated heterocycles. The van der Waals surface area contributed by atoms with Crippen molar-refractivity contribution in [3.63, 3.8) is 0 Å². The number of thioether (sulfide) groups is 1. The predicted octanol–water partition coefficient (Wildman–Crippen LogP) is 3.96. The van der Waals surface area contributed by atoms with Crippen LogP contribution in [0.3, 0.4) is 0 Å². The predicted molar refractivity (Wildman–Crippen MR) is 106 cm³/mol. The van der Waals surface area contributed by atoms with Crippen molar-refractivity contribution in [3.05, 3.63) is 63.9 Å². The molecule has 0 aliphatic carbocycles. The van der Waals surface area contributed by atoms with E-state index in [0.29, 0.717) is 5.16 Å². The molecule has 27 heavy (non-hydrogen) atoms. The van der Waals surface area contributed by atoms with Gasteiger partial charge in [-0.3, -0.25) is 4.79 Å². The molecule has 0 bridgehead atoms. The second-order valence-corrected chi connectivity index (χ2v) is 8.60. The molecule has 0 fully saturated rings. The Morgan fingerprint density at radius 3 is 2.67 bits per heavy atom. The number of amides is 1. The highest BCUT2D eigenvalue weighted by atomic mass is 32.2. The Kier molecular flexibility index (Phi) is 6.28. The van der Waals surface area contributed by atoms with Gasteiger partial charge >= 0.3 is 0 Å². The number of nitrogens with zero attached hydrogens (tertiary/aromatic N) is 3. The average Bonchev–Trinajstić information content (AvgIpc) is 3.27. The van der Waals surface area contributed by atoms with Gasteiger partial charge in [0.1, 0.15) is 11.6 Å². The lowest BCUT2D eigenvalue weighted by molar-refractivity contribution is -0.120. The molecule has 0 saturated carbocycles. The second kappa shape index (κ2) is 8.67. The van der Waals surface area contributed by atoms with Crippen LogP contribution in [0.4, 0.5) is 4.39 Å². The number of halogens is 1. The first-order valence-electron chi connectivity index (χ1n) is 8.57. The third-order valence-corrected chi connectivity index (χ3v) is 6.23. The summed E-state index contributed by atoms with van der Waals surface area (Å²) < 4.78 is 15.0. The van der Waals surface area contributed by atoms with E-state index >= 15 is 0 Å². The lowest BCUT2D eigenvalue weighted by Crippen LogP contribution is -2.33. The molecule has 1 aromatic carbocycles. The van der Waals surface area contributed by atoms with E-state index in [4.69, 9.17) is 0 Å². The van der Waals surface area contributed by atoms with Gasteiger partial charge in [-0.2, -0.15) is 0 Å². The minimum absolute atomic E-state index is 0.0976. The number of hydrogen-bond acceptors (Lipinski definition) is 5. The summed E-state index contributed by atoms with van der Waals surface area (Å²) in [6.07, 6.45) is 0.726. The normalized spacial score (nSPS) is 13.3.